The van der Waals surface area contributed by atoms with Crippen LogP contribution in [0.2, 0.25) is 0 Å². The quantitative estimate of drug-likeness (QED) is 0.668. The number of benzene rings is 2. The van der Waals surface area contributed by atoms with Crippen molar-refractivity contribution in [2.45, 2.75) is 24.8 Å². The second-order valence-electron chi connectivity index (χ2n) is 5.92. The summed E-state index contributed by atoms with van der Waals surface area (Å²) < 4.78 is 7.52. The Bertz CT molecular complexity index is 930. The lowest BCUT2D eigenvalue weighted by Gasteiger charge is -2.12. The number of thioether (sulfide) groups is 1. The smallest absolute Gasteiger partial charge is 0.307 e. The number of aliphatic carboxylic acids is 1. The molecule has 25 heavy (non-hydrogen) atoms. The highest BCUT2D eigenvalue weighted by atomic mass is 32.2. The third-order valence-electron chi connectivity index (χ3n) is 4.51. The third kappa shape index (κ3) is 3.37. The first-order valence-electron chi connectivity index (χ1n) is 8.04. The maximum Gasteiger partial charge on any atom is 0.307 e. The normalized spacial score (nSPS) is 11.0. The molecule has 1 N–H and O–H groups in total. The lowest BCUT2D eigenvalue weighted by molar-refractivity contribution is -0.136. The molecular formula is C20H21NO3S. The average molecular weight is 355 g/mol. The van der Waals surface area contributed by atoms with Crippen LogP contribution in [0.15, 0.2) is 47.4 Å². The highest BCUT2D eigenvalue weighted by Gasteiger charge is 2.18. The Balaban J connectivity index is 2.17. The van der Waals surface area contributed by atoms with Crippen molar-refractivity contribution in [2.24, 2.45) is 0 Å². The standard InChI is InChI=1S/C20H21NO3S/c1-13-16(11-20(22)23)17-10-15(24-2)8-9-18(17)21(13)12-14-6-4-5-7-19(14)25-3/h4-10H,11-12H2,1-3H3,(H,22,23). The summed E-state index contributed by atoms with van der Waals surface area (Å²) in [6, 6.07) is 14.2. The summed E-state index contributed by atoms with van der Waals surface area (Å²) in [5.74, 6) is -0.0877. The highest BCUT2D eigenvalue weighted by Crippen LogP contribution is 2.31. The number of carboxylic acid groups (broad SMARTS) is 1. The van der Waals surface area contributed by atoms with Crippen LogP contribution < -0.4 is 4.74 Å². The molecule has 0 bridgehead atoms. The van der Waals surface area contributed by atoms with Gasteiger partial charge in [0, 0.05) is 28.0 Å². The van der Waals surface area contributed by atoms with Crippen molar-refractivity contribution >= 4 is 28.6 Å². The van der Waals surface area contributed by atoms with Gasteiger partial charge in [0.1, 0.15) is 5.75 Å². The fourth-order valence-corrected chi connectivity index (χ4v) is 3.85. The second-order valence-corrected chi connectivity index (χ2v) is 6.76. The van der Waals surface area contributed by atoms with Gasteiger partial charge in [-0.25, -0.2) is 0 Å². The SMILES string of the molecule is COc1ccc2c(c1)c(CC(=O)O)c(C)n2Cc1ccccc1SC. The van der Waals surface area contributed by atoms with Crippen molar-refractivity contribution in [1.29, 1.82) is 0 Å². The number of fused-ring (bicyclic) bond motifs is 1. The van der Waals surface area contributed by atoms with Gasteiger partial charge >= 0.3 is 5.97 Å². The first kappa shape index (κ1) is 17.4. The van der Waals surface area contributed by atoms with Crippen LogP contribution in [-0.4, -0.2) is 29.0 Å². The molecule has 0 amide bonds. The fourth-order valence-electron chi connectivity index (χ4n) is 3.24. The lowest BCUT2D eigenvalue weighted by Crippen LogP contribution is -2.05. The number of nitrogens with zero attached hydrogens (tertiary/aromatic N) is 1. The van der Waals surface area contributed by atoms with E-state index in [-0.39, 0.29) is 6.42 Å². The van der Waals surface area contributed by atoms with E-state index >= 15 is 0 Å². The van der Waals surface area contributed by atoms with Gasteiger partial charge in [0.2, 0.25) is 0 Å². The number of ether oxygens (including phenoxy) is 1. The molecule has 0 unspecified atom stereocenters. The summed E-state index contributed by atoms with van der Waals surface area (Å²) in [6.07, 6.45) is 2.08. The minimum atomic E-state index is -0.825. The van der Waals surface area contributed by atoms with E-state index in [2.05, 4.69) is 23.0 Å². The molecule has 130 valence electrons. The molecule has 0 aliphatic rings. The van der Waals surface area contributed by atoms with Gasteiger partial charge in [-0.1, -0.05) is 18.2 Å². The van der Waals surface area contributed by atoms with Crippen molar-refractivity contribution in [3.8, 4) is 5.75 Å². The third-order valence-corrected chi connectivity index (χ3v) is 5.35. The maximum absolute atomic E-state index is 11.3. The molecule has 0 aliphatic carbocycles. The number of rotatable bonds is 6. The van der Waals surface area contributed by atoms with E-state index in [0.29, 0.717) is 6.54 Å². The van der Waals surface area contributed by atoms with Crippen molar-refractivity contribution in [3.05, 3.63) is 59.3 Å². The average Bonchev–Trinajstić information content (AvgIpc) is 2.87. The first-order chi connectivity index (χ1) is 12.0. The molecule has 0 saturated carbocycles. The minimum Gasteiger partial charge on any atom is -0.497 e. The van der Waals surface area contributed by atoms with Crippen LogP contribution >= 0.6 is 11.8 Å². The number of aromatic nitrogens is 1. The Morgan fingerprint density at radius 1 is 1.24 bits per heavy atom. The topological polar surface area (TPSA) is 51.5 Å². The predicted molar refractivity (Wildman–Crippen MR) is 102 cm³/mol. The van der Waals surface area contributed by atoms with Crippen LogP contribution in [0.25, 0.3) is 10.9 Å². The van der Waals surface area contributed by atoms with Crippen LogP contribution in [0.3, 0.4) is 0 Å². The van der Waals surface area contributed by atoms with Gasteiger partial charge in [0.05, 0.1) is 13.5 Å². The molecule has 0 fully saturated rings. The Kier molecular flexibility index (Phi) is 5.04. The Morgan fingerprint density at radius 2 is 2.00 bits per heavy atom. The van der Waals surface area contributed by atoms with E-state index in [1.165, 1.54) is 10.5 Å². The molecular weight excluding hydrogens is 334 g/mol. The van der Waals surface area contributed by atoms with E-state index in [1.807, 2.05) is 37.3 Å². The molecule has 3 aromatic rings. The van der Waals surface area contributed by atoms with Crippen molar-refractivity contribution in [1.82, 2.24) is 4.57 Å². The molecule has 4 nitrogen and oxygen atoms in total. The van der Waals surface area contributed by atoms with E-state index in [9.17, 15) is 9.90 Å². The molecule has 3 rings (SSSR count). The molecule has 1 heterocycles. The summed E-state index contributed by atoms with van der Waals surface area (Å²) in [5.41, 5.74) is 4.10. The summed E-state index contributed by atoms with van der Waals surface area (Å²) in [4.78, 5) is 12.6. The van der Waals surface area contributed by atoms with Gasteiger partial charge in [0.15, 0.2) is 0 Å². The number of carboxylic acids is 1. The number of hydrogen-bond acceptors (Lipinski definition) is 3. The second kappa shape index (κ2) is 7.23. The number of carbonyl (C=O) groups is 1. The highest BCUT2D eigenvalue weighted by molar-refractivity contribution is 7.98. The van der Waals surface area contributed by atoms with Crippen LogP contribution in [0.4, 0.5) is 0 Å². The summed E-state index contributed by atoms with van der Waals surface area (Å²) >= 11 is 1.72. The van der Waals surface area contributed by atoms with Gasteiger partial charge < -0.3 is 14.4 Å². The van der Waals surface area contributed by atoms with Crippen molar-refractivity contribution in [2.75, 3.05) is 13.4 Å². The molecule has 1 aromatic heterocycles. The summed E-state index contributed by atoms with van der Waals surface area (Å²) in [6.45, 7) is 2.71. The lowest BCUT2D eigenvalue weighted by atomic mass is 10.1. The molecule has 0 saturated heterocycles. The minimum absolute atomic E-state index is 0.00662. The largest absolute Gasteiger partial charge is 0.497 e. The summed E-state index contributed by atoms with van der Waals surface area (Å²) in [5, 5.41) is 10.3. The molecule has 2 aromatic carbocycles. The summed E-state index contributed by atoms with van der Waals surface area (Å²) in [7, 11) is 1.62. The molecule has 0 atom stereocenters. The zero-order valence-electron chi connectivity index (χ0n) is 14.6. The Hall–Kier alpha value is -2.40. The molecule has 0 spiro atoms. The predicted octanol–water partition coefficient (Wildman–Crippen LogP) is 4.36. The van der Waals surface area contributed by atoms with E-state index in [1.54, 1.807) is 18.9 Å². The van der Waals surface area contributed by atoms with Crippen LogP contribution in [-0.2, 0) is 17.8 Å². The maximum atomic E-state index is 11.3. The monoisotopic (exact) mass is 355 g/mol. The fraction of sp³-hybridized carbons (Fsp3) is 0.250. The van der Waals surface area contributed by atoms with Crippen molar-refractivity contribution in [3.63, 3.8) is 0 Å². The van der Waals surface area contributed by atoms with Gasteiger partial charge in [-0.05, 0) is 48.6 Å². The molecule has 0 aliphatic heterocycles. The van der Waals surface area contributed by atoms with E-state index in [4.69, 9.17) is 4.74 Å². The van der Waals surface area contributed by atoms with Gasteiger partial charge in [0.25, 0.3) is 0 Å². The van der Waals surface area contributed by atoms with Gasteiger partial charge in [-0.2, -0.15) is 0 Å². The van der Waals surface area contributed by atoms with Crippen LogP contribution in [0.1, 0.15) is 16.8 Å². The molecule has 0 radical (unpaired) electrons. The number of methoxy groups -OCH3 is 1. The Labute approximate surface area is 151 Å². The molecule has 5 heteroatoms. The zero-order valence-corrected chi connectivity index (χ0v) is 15.4. The van der Waals surface area contributed by atoms with E-state index < -0.39 is 5.97 Å². The first-order valence-corrected chi connectivity index (χ1v) is 9.27. The van der Waals surface area contributed by atoms with E-state index in [0.717, 1.165) is 27.9 Å². The number of hydrogen-bond donors (Lipinski definition) is 1. The van der Waals surface area contributed by atoms with Crippen LogP contribution in [0.5, 0.6) is 5.75 Å². The van der Waals surface area contributed by atoms with Gasteiger partial charge in [-0.3, -0.25) is 4.79 Å². The van der Waals surface area contributed by atoms with Gasteiger partial charge in [-0.15, -0.1) is 11.8 Å². The Morgan fingerprint density at radius 3 is 2.68 bits per heavy atom. The van der Waals surface area contributed by atoms with Crippen LogP contribution in [0, 0.1) is 6.92 Å². The van der Waals surface area contributed by atoms with Crippen molar-refractivity contribution < 1.29 is 14.6 Å². The zero-order chi connectivity index (χ0) is 18.0.